The number of nitrogens with one attached hydrogen (secondary N) is 2. The molecule has 0 aromatic heterocycles. The first-order valence-corrected chi connectivity index (χ1v) is 8.92. The van der Waals surface area contributed by atoms with E-state index in [1.807, 2.05) is 56.3 Å². The highest BCUT2D eigenvalue weighted by atomic mass is 79.9. The molecule has 3 rings (SSSR count). The topological polar surface area (TPSA) is 61.4 Å². The van der Waals surface area contributed by atoms with E-state index in [4.69, 9.17) is 0 Å². The maximum absolute atomic E-state index is 12.2. The summed E-state index contributed by atoms with van der Waals surface area (Å²) in [6.07, 6.45) is 0.306. The Hall–Kier alpha value is -2.34. The van der Waals surface area contributed by atoms with Crippen LogP contribution in [0.15, 0.2) is 46.9 Å². The van der Waals surface area contributed by atoms with Crippen molar-refractivity contribution in [2.75, 3.05) is 16.8 Å². The summed E-state index contributed by atoms with van der Waals surface area (Å²) >= 11 is 3.43. The monoisotopic (exact) mass is 401 g/mol. The minimum Gasteiger partial charge on any atom is -0.333 e. The van der Waals surface area contributed by atoms with Crippen LogP contribution in [0.25, 0.3) is 0 Å². The summed E-state index contributed by atoms with van der Waals surface area (Å²) in [5.74, 6) is 0.0219. The summed E-state index contributed by atoms with van der Waals surface area (Å²) in [7, 11) is 0. The van der Waals surface area contributed by atoms with Crippen molar-refractivity contribution in [1.29, 1.82) is 0 Å². The van der Waals surface area contributed by atoms with Crippen molar-refractivity contribution in [3.05, 3.63) is 58.1 Å². The van der Waals surface area contributed by atoms with E-state index in [0.29, 0.717) is 13.0 Å². The lowest BCUT2D eigenvalue weighted by Crippen LogP contribution is -2.39. The summed E-state index contributed by atoms with van der Waals surface area (Å²) in [5, 5.41) is 5.69. The predicted molar refractivity (Wildman–Crippen MR) is 103 cm³/mol. The van der Waals surface area contributed by atoms with Gasteiger partial charge in [-0.05, 0) is 49.7 Å². The van der Waals surface area contributed by atoms with Crippen LogP contribution in [0.1, 0.15) is 17.5 Å². The fourth-order valence-electron chi connectivity index (χ4n) is 2.85. The second-order valence-electron chi connectivity index (χ2n) is 6.30. The van der Waals surface area contributed by atoms with Crippen LogP contribution < -0.4 is 15.5 Å². The lowest BCUT2D eigenvalue weighted by molar-refractivity contribution is -0.117. The third-order valence-corrected chi connectivity index (χ3v) is 5.11. The van der Waals surface area contributed by atoms with Crippen molar-refractivity contribution in [1.82, 2.24) is 5.32 Å². The van der Waals surface area contributed by atoms with Crippen LogP contribution in [0.4, 0.5) is 16.2 Å². The Morgan fingerprint density at radius 2 is 1.88 bits per heavy atom. The number of carbonyl (C=O) groups excluding carboxylic acids is 2. The van der Waals surface area contributed by atoms with Gasteiger partial charge in [0.05, 0.1) is 6.04 Å². The molecule has 3 amide bonds. The molecule has 25 heavy (non-hydrogen) atoms. The third-order valence-electron chi connectivity index (χ3n) is 4.22. The van der Waals surface area contributed by atoms with Gasteiger partial charge in [0.1, 0.15) is 0 Å². The van der Waals surface area contributed by atoms with E-state index in [1.165, 1.54) is 0 Å². The molecule has 0 aliphatic carbocycles. The van der Waals surface area contributed by atoms with E-state index < -0.39 is 0 Å². The van der Waals surface area contributed by atoms with E-state index in [1.54, 1.807) is 4.90 Å². The van der Waals surface area contributed by atoms with Crippen molar-refractivity contribution in [3.8, 4) is 0 Å². The van der Waals surface area contributed by atoms with Gasteiger partial charge in [0.25, 0.3) is 0 Å². The molecule has 130 valence electrons. The molecular formula is C19H20BrN3O2. The minimum absolute atomic E-state index is 0.0219. The highest BCUT2D eigenvalue weighted by Crippen LogP contribution is 2.23. The molecule has 1 saturated heterocycles. The van der Waals surface area contributed by atoms with E-state index in [-0.39, 0.29) is 18.0 Å². The van der Waals surface area contributed by atoms with Crippen LogP contribution in [-0.2, 0) is 4.79 Å². The van der Waals surface area contributed by atoms with Gasteiger partial charge in [-0.2, -0.15) is 0 Å². The normalized spacial score (nSPS) is 16.8. The zero-order valence-corrected chi connectivity index (χ0v) is 15.8. The first-order valence-electron chi connectivity index (χ1n) is 8.13. The molecule has 2 aromatic carbocycles. The van der Waals surface area contributed by atoms with Gasteiger partial charge in [0, 0.05) is 28.8 Å². The molecule has 0 saturated carbocycles. The Labute approximate surface area is 155 Å². The van der Waals surface area contributed by atoms with Gasteiger partial charge in [-0.3, -0.25) is 4.79 Å². The molecule has 0 bridgehead atoms. The van der Waals surface area contributed by atoms with Gasteiger partial charge in [-0.25, -0.2) is 4.79 Å². The fourth-order valence-corrected chi connectivity index (χ4v) is 3.10. The average molecular weight is 402 g/mol. The molecule has 2 N–H and O–H groups in total. The van der Waals surface area contributed by atoms with Gasteiger partial charge in [0.15, 0.2) is 0 Å². The zero-order valence-electron chi connectivity index (χ0n) is 14.2. The maximum atomic E-state index is 12.2. The number of halogens is 1. The molecular weight excluding hydrogens is 382 g/mol. The number of urea groups is 1. The first kappa shape index (κ1) is 17.5. The van der Waals surface area contributed by atoms with Gasteiger partial charge in [-0.1, -0.05) is 33.6 Å². The fraction of sp³-hybridized carbons (Fsp3) is 0.263. The van der Waals surface area contributed by atoms with E-state index in [2.05, 4.69) is 26.6 Å². The number of anilines is 2. The second-order valence-corrected chi connectivity index (χ2v) is 7.16. The van der Waals surface area contributed by atoms with Crippen molar-refractivity contribution in [2.24, 2.45) is 0 Å². The SMILES string of the molecule is Cc1ccc(N2CC(NC(=O)Nc3ccc(Br)c(C)c3)CC2=O)cc1. The number of benzene rings is 2. The van der Waals surface area contributed by atoms with E-state index >= 15 is 0 Å². The Bertz CT molecular complexity index is 805. The van der Waals surface area contributed by atoms with Gasteiger partial charge < -0.3 is 15.5 Å². The second kappa shape index (κ2) is 7.27. The average Bonchev–Trinajstić information content (AvgIpc) is 2.92. The Morgan fingerprint density at radius 1 is 1.16 bits per heavy atom. The minimum atomic E-state index is -0.301. The standard InChI is InChI=1S/C19H20BrN3O2/c1-12-3-6-16(7-4-12)23-11-15(10-18(23)24)22-19(25)21-14-5-8-17(20)13(2)9-14/h3-9,15H,10-11H2,1-2H3,(H2,21,22,25). The summed E-state index contributed by atoms with van der Waals surface area (Å²) in [6.45, 7) is 4.45. The van der Waals surface area contributed by atoms with Crippen molar-refractivity contribution >= 4 is 39.2 Å². The maximum Gasteiger partial charge on any atom is 0.319 e. The number of hydrogen-bond donors (Lipinski definition) is 2. The predicted octanol–water partition coefficient (Wildman–Crippen LogP) is 3.99. The number of nitrogens with zero attached hydrogens (tertiary/aromatic N) is 1. The number of hydrogen-bond acceptors (Lipinski definition) is 2. The lowest BCUT2D eigenvalue weighted by Gasteiger charge is -2.17. The zero-order chi connectivity index (χ0) is 18.0. The molecule has 1 aliphatic rings. The Morgan fingerprint density at radius 3 is 2.56 bits per heavy atom. The van der Waals surface area contributed by atoms with Crippen LogP contribution in [-0.4, -0.2) is 24.5 Å². The van der Waals surface area contributed by atoms with E-state index in [0.717, 1.165) is 27.0 Å². The number of rotatable bonds is 3. The molecule has 1 heterocycles. The van der Waals surface area contributed by atoms with Crippen LogP contribution in [0.5, 0.6) is 0 Å². The molecule has 1 fully saturated rings. The quantitative estimate of drug-likeness (QED) is 0.816. The molecule has 2 aromatic rings. The summed E-state index contributed by atoms with van der Waals surface area (Å²) in [5.41, 5.74) is 3.77. The van der Waals surface area contributed by atoms with Gasteiger partial charge in [0.2, 0.25) is 5.91 Å². The Kier molecular flexibility index (Phi) is 5.08. The Balaban J connectivity index is 1.60. The molecule has 1 unspecified atom stereocenters. The lowest BCUT2D eigenvalue weighted by atomic mass is 10.2. The van der Waals surface area contributed by atoms with Crippen LogP contribution in [0.3, 0.4) is 0 Å². The smallest absolute Gasteiger partial charge is 0.319 e. The van der Waals surface area contributed by atoms with Crippen molar-refractivity contribution < 1.29 is 9.59 Å². The molecule has 5 nitrogen and oxygen atoms in total. The highest BCUT2D eigenvalue weighted by molar-refractivity contribution is 9.10. The van der Waals surface area contributed by atoms with Crippen LogP contribution >= 0.6 is 15.9 Å². The summed E-state index contributed by atoms with van der Waals surface area (Å²) in [6, 6.07) is 12.9. The molecule has 0 radical (unpaired) electrons. The van der Waals surface area contributed by atoms with Crippen LogP contribution in [0, 0.1) is 13.8 Å². The van der Waals surface area contributed by atoms with Crippen molar-refractivity contribution in [2.45, 2.75) is 26.3 Å². The van der Waals surface area contributed by atoms with Gasteiger partial charge in [-0.15, -0.1) is 0 Å². The molecule has 1 aliphatic heterocycles. The number of carbonyl (C=O) groups is 2. The molecule has 1 atom stereocenters. The number of aryl methyl sites for hydroxylation is 2. The van der Waals surface area contributed by atoms with Crippen molar-refractivity contribution in [3.63, 3.8) is 0 Å². The summed E-state index contributed by atoms with van der Waals surface area (Å²) in [4.78, 5) is 26.2. The first-order chi connectivity index (χ1) is 11.9. The van der Waals surface area contributed by atoms with E-state index in [9.17, 15) is 9.59 Å². The molecule has 0 spiro atoms. The summed E-state index contributed by atoms with van der Waals surface area (Å²) < 4.78 is 0.994. The third kappa shape index (κ3) is 4.20. The largest absolute Gasteiger partial charge is 0.333 e. The number of amides is 3. The van der Waals surface area contributed by atoms with Crippen LogP contribution in [0.2, 0.25) is 0 Å². The van der Waals surface area contributed by atoms with Gasteiger partial charge >= 0.3 is 6.03 Å². The molecule has 6 heteroatoms. The highest BCUT2D eigenvalue weighted by Gasteiger charge is 2.31.